The Morgan fingerprint density at radius 1 is 1.80 bits per heavy atom. The maximum atomic E-state index is 3.97. The van der Waals surface area contributed by atoms with Gasteiger partial charge in [-0.15, -0.1) is 0 Å². The van der Waals surface area contributed by atoms with E-state index < -0.39 is 0 Å². The third-order valence-electron chi connectivity index (χ3n) is 0.247. The molecule has 0 rings (SSSR count). The summed E-state index contributed by atoms with van der Waals surface area (Å²) < 4.78 is 2.11. The van der Waals surface area contributed by atoms with Crippen LogP contribution in [0.1, 0.15) is 6.42 Å². The first-order valence-electron chi connectivity index (χ1n) is 1.46. The normalized spacial score (nSPS) is 7.40. The van der Waals surface area contributed by atoms with Gasteiger partial charge in [0.05, 0.1) is 0 Å². The van der Waals surface area contributed by atoms with Crippen LogP contribution in [0.3, 0.4) is 0 Å². The number of rotatable bonds is 2. The molecule has 30 valence electrons. The van der Waals surface area contributed by atoms with Gasteiger partial charge in [-0.25, -0.2) is 0 Å². The molecule has 0 fully saturated rings. The molecule has 0 aliphatic heterocycles. The molecule has 0 aromatic carbocycles. The van der Waals surface area contributed by atoms with Crippen molar-refractivity contribution >= 4 is 38.5 Å². The van der Waals surface area contributed by atoms with Crippen molar-refractivity contribution in [2.45, 2.75) is 6.42 Å². The summed E-state index contributed by atoms with van der Waals surface area (Å²) in [6, 6.07) is 0. The summed E-state index contributed by atoms with van der Waals surface area (Å²) in [6.07, 6.45) is 1.13. The molecular weight excluding hydrogens is 196 g/mol. The Bertz CT molecular complexity index is 28.1. The Labute approximate surface area is 50.8 Å². The molecule has 2 heteroatoms. The fourth-order valence-electron chi connectivity index (χ4n) is 0.0527. The third-order valence-corrected chi connectivity index (χ3v) is 1.18. The first-order chi connectivity index (χ1) is 2.41. The Hall–Kier alpha value is 1.01. The van der Waals surface area contributed by atoms with Gasteiger partial charge in [0, 0.05) is 0 Å². The summed E-state index contributed by atoms with van der Waals surface area (Å²) >= 11 is 5.95. The SMILES string of the molecule is SCCC=[Te]. The minimum atomic E-state index is 0.985. The van der Waals surface area contributed by atoms with Gasteiger partial charge in [0.25, 0.3) is 0 Å². The van der Waals surface area contributed by atoms with Crippen molar-refractivity contribution in [3.05, 3.63) is 0 Å². The fourth-order valence-corrected chi connectivity index (χ4v) is 1.06. The molecule has 0 radical (unpaired) electrons. The van der Waals surface area contributed by atoms with E-state index in [0.29, 0.717) is 0 Å². The van der Waals surface area contributed by atoms with Crippen molar-refractivity contribution in [3.8, 4) is 0 Å². The molecule has 0 aliphatic carbocycles. The Morgan fingerprint density at radius 2 is 2.40 bits per heavy atom. The second kappa shape index (κ2) is 5.01. The van der Waals surface area contributed by atoms with Crippen LogP contribution in [0.25, 0.3) is 0 Å². The van der Waals surface area contributed by atoms with Crippen LogP contribution in [-0.4, -0.2) is 31.6 Å². The van der Waals surface area contributed by atoms with Crippen LogP contribution in [0.5, 0.6) is 0 Å². The summed E-state index contributed by atoms with van der Waals surface area (Å²) in [5, 5.41) is 0. The molecule has 0 N–H and O–H groups in total. The van der Waals surface area contributed by atoms with E-state index in [-0.39, 0.29) is 0 Å². The summed E-state index contributed by atoms with van der Waals surface area (Å²) in [7, 11) is 0. The van der Waals surface area contributed by atoms with E-state index in [9.17, 15) is 0 Å². The summed E-state index contributed by atoms with van der Waals surface area (Å²) in [4.78, 5) is 0. The Balaban J connectivity index is 2.40. The van der Waals surface area contributed by atoms with Gasteiger partial charge in [-0.05, 0) is 0 Å². The van der Waals surface area contributed by atoms with E-state index >= 15 is 0 Å². The van der Waals surface area contributed by atoms with Crippen molar-refractivity contribution in [1.29, 1.82) is 0 Å². The third kappa shape index (κ3) is 5.01. The van der Waals surface area contributed by atoms with Crippen LogP contribution >= 0.6 is 12.6 Å². The van der Waals surface area contributed by atoms with Crippen LogP contribution in [0.15, 0.2) is 0 Å². The molecule has 0 atom stereocenters. The predicted molar refractivity (Wildman–Crippen MR) is 30.3 cm³/mol. The molecule has 0 aromatic rings. The quantitative estimate of drug-likeness (QED) is 0.482. The van der Waals surface area contributed by atoms with Gasteiger partial charge in [0.2, 0.25) is 0 Å². The molecule has 5 heavy (non-hydrogen) atoms. The van der Waals surface area contributed by atoms with Crippen LogP contribution in [-0.2, 0) is 0 Å². The molecule has 0 bridgehead atoms. The first-order valence-corrected chi connectivity index (χ1v) is 3.44. The molecule has 0 aromatic heterocycles. The maximum absolute atomic E-state index is 3.97. The van der Waals surface area contributed by atoms with Crippen molar-refractivity contribution in [2.24, 2.45) is 0 Å². The summed E-state index contributed by atoms with van der Waals surface area (Å²) in [5.41, 5.74) is 0. The van der Waals surface area contributed by atoms with Gasteiger partial charge in [0.1, 0.15) is 0 Å². The van der Waals surface area contributed by atoms with E-state index in [1.54, 1.807) is 0 Å². The van der Waals surface area contributed by atoms with Gasteiger partial charge in [-0.3, -0.25) is 0 Å². The van der Waals surface area contributed by atoms with Crippen molar-refractivity contribution < 1.29 is 0 Å². The van der Waals surface area contributed by atoms with E-state index in [2.05, 4.69) is 16.7 Å². The predicted octanol–water partition coefficient (Wildman–Crippen LogP) is 0.277. The zero-order valence-electron chi connectivity index (χ0n) is 2.85. The van der Waals surface area contributed by atoms with Crippen molar-refractivity contribution in [3.63, 3.8) is 0 Å². The van der Waals surface area contributed by atoms with E-state index in [0.717, 1.165) is 12.2 Å². The molecule has 0 heterocycles. The topological polar surface area (TPSA) is 0 Å². The molecule has 0 nitrogen and oxygen atoms in total. The van der Waals surface area contributed by atoms with Gasteiger partial charge >= 0.3 is 50.7 Å². The molecular formula is C3H6STe. The van der Waals surface area contributed by atoms with Crippen LogP contribution in [0, 0.1) is 0 Å². The zero-order valence-corrected chi connectivity index (χ0v) is 6.07. The van der Waals surface area contributed by atoms with Gasteiger partial charge in [-0.2, -0.15) is 0 Å². The minimum absolute atomic E-state index is 0.985. The van der Waals surface area contributed by atoms with E-state index in [1.165, 1.54) is 0 Å². The van der Waals surface area contributed by atoms with Crippen LogP contribution in [0.2, 0.25) is 0 Å². The Kier molecular flexibility index (Phi) is 6.02. The number of thiol groups is 1. The number of hydrogen-bond donors (Lipinski definition) is 1. The van der Waals surface area contributed by atoms with Gasteiger partial charge < -0.3 is 0 Å². The molecule has 0 spiro atoms. The molecule has 0 saturated carbocycles. The van der Waals surface area contributed by atoms with Gasteiger partial charge in [-0.1, -0.05) is 0 Å². The zero-order chi connectivity index (χ0) is 4.12. The molecule has 0 aliphatic rings. The molecule has 0 amide bonds. The average molecular weight is 202 g/mol. The van der Waals surface area contributed by atoms with Crippen molar-refractivity contribution in [1.82, 2.24) is 0 Å². The standard InChI is InChI=1S/C3H6STe/c4-2-1-3-5/h3-4H,1-2H2. The van der Waals surface area contributed by atoms with Crippen LogP contribution in [0.4, 0.5) is 0 Å². The molecule has 0 saturated heterocycles. The van der Waals surface area contributed by atoms with Crippen molar-refractivity contribution in [2.75, 3.05) is 5.75 Å². The van der Waals surface area contributed by atoms with Gasteiger partial charge in [0.15, 0.2) is 0 Å². The molecule has 0 unspecified atom stereocenters. The monoisotopic (exact) mass is 204 g/mol. The summed E-state index contributed by atoms with van der Waals surface area (Å²) in [6.45, 7) is 0. The second-order valence-electron chi connectivity index (χ2n) is 0.679. The first kappa shape index (κ1) is 6.01. The average Bonchev–Trinajstić information content (AvgIpc) is 1.41. The van der Waals surface area contributed by atoms with E-state index in [1.807, 2.05) is 21.8 Å². The fraction of sp³-hybridized carbons (Fsp3) is 0.667. The van der Waals surface area contributed by atoms with E-state index in [4.69, 9.17) is 0 Å². The summed E-state index contributed by atoms with van der Waals surface area (Å²) in [5.74, 6) is 0.985. The Morgan fingerprint density at radius 3 is 2.40 bits per heavy atom. The number of hydrogen-bond acceptors (Lipinski definition) is 1. The second-order valence-corrected chi connectivity index (χ2v) is 2.08. The van der Waals surface area contributed by atoms with Crippen LogP contribution < -0.4 is 0 Å².